The van der Waals surface area contributed by atoms with E-state index in [4.69, 9.17) is 0 Å². The van der Waals surface area contributed by atoms with E-state index in [0.29, 0.717) is 0 Å². The zero-order chi connectivity index (χ0) is 92.5. The van der Waals surface area contributed by atoms with E-state index in [2.05, 4.69) is 306 Å². The van der Waals surface area contributed by atoms with Crippen LogP contribution in [0.15, 0.2) is 164 Å². The largest absolute Gasteiger partial charge is 2.00 e. The van der Waals surface area contributed by atoms with Gasteiger partial charge in [0.05, 0.1) is 122 Å². The predicted octanol–water partition coefficient (Wildman–Crippen LogP) is 13.5. The second-order valence-corrected chi connectivity index (χ2v) is 37.4. The second kappa shape index (κ2) is 84.4. The van der Waals surface area contributed by atoms with Crippen LogP contribution in [0, 0.1) is 0 Å². The van der Waals surface area contributed by atoms with E-state index in [0.717, 1.165) is 253 Å². The van der Waals surface area contributed by atoms with Gasteiger partial charge in [-0.25, -0.2) is 0 Å². The zero-order valence-corrected chi connectivity index (χ0v) is 90.0. The average molecular weight is 2120 g/mol. The minimum absolute atomic E-state index is 0. The molecule has 4 aliphatic rings. The number of aromatic nitrogens is 3. The van der Waals surface area contributed by atoms with Crippen LogP contribution in [0.4, 0.5) is 0 Å². The van der Waals surface area contributed by atoms with Crippen molar-refractivity contribution in [3.05, 3.63) is 198 Å². The van der Waals surface area contributed by atoms with E-state index in [1.165, 1.54) is 204 Å². The minimum Gasteiger partial charge on any atom is -0.324 e. The first kappa shape index (κ1) is 136. The van der Waals surface area contributed by atoms with E-state index in [9.17, 15) is 0 Å². The second-order valence-electron chi connectivity index (χ2n) is 37.4. The molecule has 4 radical (unpaired) electrons. The summed E-state index contributed by atoms with van der Waals surface area (Å²) in [5.74, 6) is 0. The number of hydrogen-bond donors (Lipinski definition) is 6. The van der Waals surface area contributed by atoms with Crippen LogP contribution < -0.4 is 31.9 Å². The Bertz CT molecular complexity index is 3440. The standard InChI is InChI=1S/C38H58N5.C29H50N7.C23H45N6.C17H40N5.4CH4.4Cu/c1-4-43(5-2,6-3)32-16-23-39-24-26-40(33-36-17-10-7-11-18-36)28-30-42(35-38-21-14-9-15-22-38)31-29-41(27-25-39)34-37-19-12-8-13-20-37;1-4-36(5-2,6-3)25-11-18-33-21-23-34(26-28-12-7-9-14-31-28)19-16-30-17-20-35(24-22-33)27-29-13-8-10-15-32-29;1-4-29(5-2,6-3)21-9-16-27-17-12-24-14-19-28(20-15-25-13-18-27)22-23-10-7-8-11-26-23;1-4-22(5-2,6-3)17-7-14-21-15-12-19-10-8-18-9-11-20-13-16-21;;;;;;;;/h7-15,17-22H,4-6,16,23-35H2,1-3H3;7-10,12-15,30H,4-6,11,16-27H2,1-3H3;7-8,10-11,24-25H,4-6,9,12-22H2,1-3H3;18-20H,4-17H2,1-3H3;4*1H4;;;;/q4*+1;;;;;4*+2/i;;;;;;;;4*1+0. The van der Waals surface area contributed by atoms with Crippen LogP contribution in [0.5, 0.6) is 0 Å². The van der Waals surface area contributed by atoms with E-state index in [1.807, 2.05) is 36.8 Å². The van der Waals surface area contributed by atoms with Gasteiger partial charge in [0.2, 0.25) is 0 Å². The average Bonchev–Trinajstić information content (AvgIpc) is 0.859. The summed E-state index contributed by atoms with van der Waals surface area (Å²) < 4.78 is 5.01. The van der Waals surface area contributed by atoms with Gasteiger partial charge in [-0.05, 0) is 136 Å². The Labute approximate surface area is 891 Å². The van der Waals surface area contributed by atoms with Gasteiger partial charge in [-0.2, -0.15) is 0 Å². The van der Waals surface area contributed by atoms with E-state index in [1.54, 1.807) is 0 Å². The van der Waals surface area contributed by atoms with E-state index in [-0.39, 0.29) is 98.0 Å². The number of quaternary nitrogens is 4. The molecule has 0 aliphatic carbocycles. The fourth-order valence-electron chi connectivity index (χ4n) is 19.4. The summed E-state index contributed by atoms with van der Waals surface area (Å²) in [6.07, 6.45) is 10.9. The minimum atomic E-state index is 0. The van der Waals surface area contributed by atoms with Gasteiger partial charge in [-0.3, -0.25) is 44.4 Å². The van der Waals surface area contributed by atoms with Crippen molar-refractivity contribution in [1.82, 2.24) is 95.9 Å². The molecule has 27 heteroatoms. The van der Waals surface area contributed by atoms with Crippen molar-refractivity contribution >= 4 is 0 Å². The van der Waals surface area contributed by atoms with Crippen LogP contribution in [0.3, 0.4) is 0 Å². The Morgan fingerprint density at radius 1 is 0.203 bits per heavy atom. The topological polar surface area (TPSA) is 143 Å². The number of pyridine rings is 3. The molecule has 7 heterocycles. The van der Waals surface area contributed by atoms with Crippen molar-refractivity contribution < 1.29 is 86.2 Å². The summed E-state index contributed by atoms with van der Waals surface area (Å²) in [5.41, 5.74) is 7.72. The van der Waals surface area contributed by atoms with Gasteiger partial charge in [0.1, 0.15) is 0 Å². The third-order valence-electron chi connectivity index (χ3n) is 29.7. The molecule has 0 atom stereocenters. The maximum atomic E-state index is 4.59. The van der Waals surface area contributed by atoms with Crippen molar-refractivity contribution in [3.8, 4) is 0 Å². The van der Waals surface area contributed by atoms with Crippen LogP contribution in [-0.4, -0.2) is 422 Å². The molecule has 23 nitrogen and oxygen atoms in total. The molecule has 4 saturated heterocycles. The fourth-order valence-corrected chi connectivity index (χ4v) is 19.4. The van der Waals surface area contributed by atoms with Crippen molar-refractivity contribution in [1.29, 1.82) is 0 Å². The normalized spacial score (nSPS) is 17.3. The molecule has 138 heavy (non-hydrogen) atoms. The van der Waals surface area contributed by atoms with Gasteiger partial charge in [-0.1, -0.05) is 139 Å². The van der Waals surface area contributed by atoms with Crippen LogP contribution in [-0.2, 0) is 108 Å². The van der Waals surface area contributed by atoms with Gasteiger partial charge in [0.15, 0.2) is 0 Å². The molecule has 4 aliphatic heterocycles. The maximum Gasteiger partial charge on any atom is 2.00 e. The molecular formula is C111H209Cu4N23+12. The molecule has 0 saturated carbocycles. The molecule has 0 bridgehead atoms. The first-order valence-electron chi connectivity index (χ1n) is 52.4. The van der Waals surface area contributed by atoms with Gasteiger partial charge < -0.3 is 69.4 Å². The van der Waals surface area contributed by atoms with Gasteiger partial charge >= 0.3 is 68.3 Å². The number of nitrogens with zero attached hydrogens (tertiary/aromatic N) is 17. The Kier molecular flexibility index (Phi) is 83.5. The van der Waals surface area contributed by atoms with Gasteiger partial charge in [-0.15, -0.1) is 0 Å². The summed E-state index contributed by atoms with van der Waals surface area (Å²) in [6, 6.07) is 51.8. The summed E-state index contributed by atoms with van der Waals surface area (Å²) in [5, 5.41) is 21.5. The van der Waals surface area contributed by atoms with Crippen molar-refractivity contribution in [3.63, 3.8) is 0 Å². The Morgan fingerprint density at radius 2 is 0.370 bits per heavy atom. The molecular weight excluding hydrogens is 1910 g/mol. The number of hydrogen-bond acceptors (Lipinski definition) is 19. The molecule has 3 aromatic heterocycles. The summed E-state index contributed by atoms with van der Waals surface area (Å²) >= 11 is 0. The summed E-state index contributed by atoms with van der Waals surface area (Å²) in [6.45, 7) is 93.9. The molecule has 10 rings (SSSR count). The summed E-state index contributed by atoms with van der Waals surface area (Å²) in [7, 11) is 0. The third kappa shape index (κ3) is 56.9. The fraction of sp³-hybridized carbons (Fsp3) is 0.703. The van der Waals surface area contributed by atoms with Crippen molar-refractivity contribution in [2.24, 2.45) is 0 Å². The SMILES string of the molecule is C.C.C.C.CC[N+](CC)(CC)CCCN1CCN(Cc2ccccc2)CCN(Cc2ccccc2)CCN(Cc2ccccc2)CC1.CC[N+](CC)(CC)CCCN1CCN(Cc2ccccn2)CCNCCN(Cc2ccccn2)CC1.CC[N+](CC)(CC)CCCN1CCNCCN(Cc2ccccn2)CCNCC1.CC[N+](CC)(CC)CCCN1CCNCCNCCNCC1.[64Cu+2].[64Cu+2].[64Cu+2].[64Cu+2]. The molecule has 6 N–H and O–H groups in total. The van der Waals surface area contributed by atoms with Crippen LogP contribution in [0.2, 0.25) is 0 Å². The molecule has 4 fully saturated rings. The third-order valence-corrected chi connectivity index (χ3v) is 29.7. The summed E-state index contributed by atoms with van der Waals surface area (Å²) in [4.78, 5) is 40.1. The van der Waals surface area contributed by atoms with Crippen LogP contribution in [0.25, 0.3) is 0 Å². The molecule has 3 aromatic carbocycles. The smallest absolute Gasteiger partial charge is 0.324 e. The van der Waals surface area contributed by atoms with Gasteiger partial charge in [0.25, 0.3) is 0 Å². The van der Waals surface area contributed by atoms with Crippen LogP contribution in [0.1, 0.15) is 172 Å². The number of benzene rings is 3. The molecule has 6 aromatic rings. The van der Waals surface area contributed by atoms with E-state index < -0.39 is 0 Å². The monoisotopic (exact) mass is 2120 g/mol. The zero-order valence-electron chi connectivity index (χ0n) is 86.2. The van der Waals surface area contributed by atoms with Crippen LogP contribution >= 0.6 is 0 Å². The Hall–Kier alpha value is -3.61. The molecule has 0 amide bonds. The molecule has 800 valence electrons. The van der Waals surface area contributed by atoms with Gasteiger partial charge in [0, 0.05) is 319 Å². The maximum absolute atomic E-state index is 4.59. The van der Waals surface area contributed by atoms with Crippen molar-refractivity contribution in [2.75, 3.05) is 340 Å². The first-order valence-corrected chi connectivity index (χ1v) is 52.4. The molecule has 0 unspecified atom stereocenters. The number of nitrogens with one attached hydrogen (secondary N) is 6. The van der Waals surface area contributed by atoms with E-state index >= 15 is 0 Å². The van der Waals surface area contributed by atoms with Crippen molar-refractivity contribution in [2.45, 2.75) is 178 Å². The predicted molar refractivity (Wildman–Crippen MR) is 579 cm³/mol. The Balaban J connectivity index is 0. The Morgan fingerprint density at radius 3 is 0.572 bits per heavy atom. The molecule has 0 spiro atoms. The quantitative estimate of drug-likeness (QED) is 0.0160. The number of rotatable bonds is 40. The first-order chi connectivity index (χ1) is 63.7.